The van der Waals surface area contributed by atoms with Gasteiger partial charge in [0.15, 0.2) is 0 Å². The summed E-state index contributed by atoms with van der Waals surface area (Å²) in [4.78, 5) is 0.193. The molecule has 18 heavy (non-hydrogen) atoms. The molecule has 1 heterocycles. The zero-order valence-electron chi connectivity index (χ0n) is 11.2. The van der Waals surface area contributed by atoms with E-state index in [2.05, 4.69) is 4.72 Å². The number of nitrogens with one attached hydrogen (secondary N) is 1. The smallest absolute Gasteiger partial charge is 0.280 e. The number of nitrogens with zero attached hydrogens (tertiary/aromatic N) is 1. The molecule has 3 N–H and O–H groups in total. The molecule has 1 saturated heterocycles. The average molecular weight is 293 g/mol. The van der Waals surface area contributed by atoms with Crippen LogP contribution in [0.25, 0.3) is 0 Å². The minimum absolute atomic E-state index is 0.0374. The van der Waals surface area contributed by atoms with Gasteiger partial charge in [0.25, 0.3) is 10.2 Å². The van der Waals surface area contributed by atoms with Crippen LogP contribution in [0.15, 0.2) is 0 Å². The van der Waals surface area contributed by atoms with E-state index in [-0.39, 0.29) is 16.9 Å². The van der Waals surface area contributed by atoms with E-state index in [1.54, 1.807) is 0 Å². The molecule has 0 bridgehead atoms. The standard InChI is InChI=1S/C11H23N3O2S2/c1-8(2)10(11(12)17)13-18(15,16)14-7-5-4-6-9(14)3/h8-10,13H,4-7H2,1-3H3,(H2,12,17). The first-order valence-electron chi connectivity index (χ1n) is 6.34. The Kier molecular flexibility index (Phi) is 5.51. The zero-order chi connectivity index (χ0) is 13.9. The van der Waals surface area contributed by atoms with Crippen molar-refractivity contribution < 1.29 is 8.42 Å². The van der Waals surface area contributed by atoms with Crippen molar-refractivity contribution in [3.63, 3.8) is 0 Å². The SMILES string of the molecule is CC(C)C(NS(=O)(=O)N1CCCCC1C)C(N)=S. The molecule has 2 unspecified atom stereocenters. The van der Waals surface area contributed by atoms with Crippen LogP contribution < -0.4 is 10.5 Å². The molecule has 2 atom stereocenters. The monoisotopic (exact) mass is 293 g/mol. The molecular formula is C11H23N3O2S2. The highest BCUT2D eigenvalue weighted by atomic mass is 32.2. The number of hydrogen-bond donors (Lipinski definition) is 2. The lowest BCUT2D eigenvalue weighted by Crippen LogP contribution is -2.54. The molecule has 1 fully saturated rings. The summed E-state index contributed by atoms with van der Waals surface area (Å²) in [5.74, 6) is 0.0392. The summed E-state index contributed by atoms with van der Waals surface area (Å²) in [6.07, 6.45) is 2.89. The number of piperidine rings is 1. The second-order valence-corrected chi connectivity index (χ2v) is 7.33. The highest BCUT2D eigenvalue weighted by Crippen LogP contribution is 2.19. The Bertz CT molecular complexity index is 395. The second-order valence-electron chi connectivity index (χ2n) is 5.20. The van der Waals surface area contributed by atoms with Crippen molar-refractivity contribution in [2.75, 3.05) is 6.54 Å². The van der Waals surface area contributed by atoms with Crippen LogP contribution in [-0.4, -0.2) is 36.3 Å². The van der Waals surface area contributed by atoms with Crippen LogP contribution in [0, 0.1) is 5.92 Å². The summed E-state index contributed by atoms with van der Waals surface area (Å²) < 4.78 is 28.8. The van der Waals surface area contributed by atoms with Gasteiger partial charge in [-0.05, 0) is 25.7 Å². The molecule has 0 amide bonds. The Morgan fingerprint density at radius 1 is 1.44 bits per heavy atom. The molecular weight excluding hydrogens is 270 g/mol. The molecule has 1 aliphatic heterocycles. The van der Waals surface area contributed by atoms with Gasteiger partial charge in [0.05, 0.1) is 11.0 Å². The maximum Gasteiger partial charge on any atom is 0.280 e. The quantitative estimate of drug-likeness (QED) is 0.742. The molecule has 0 aromatic carbocycles. The van der Waals surface area contributed by atoms with Gasteiger partial charge < -0.3 is 5.73 Å². The Morgan fingerprint density at radius 3 is 2.50 bits per heavy atom. The fraction of sp³-hybridized carbons (Fsp3) is 0.909. The van der Waals surface area contributed by atoms with Gasteiger partial charge in [0, 0.05) is 12.6 Å². The van der Waals surface area contributed by atoms with Crippen LogP contribution in [0.3, 0.4) is 0 Å². The first-order chi connectivity index (χ1) is 8.25. The molecule has 0 spiro atoms. The third-order valence-corrected chi connectivity index (χ3v) is 5.27. The maximum atomic E-state index is 12.3. The largest absolute Gasteiger partial charge is 0.392 e. The van der Waals surface area contributed by atoms with Crippen molar-refractivity contribution >= 4 is 27.4 Å². The summed E-state index contributed by atoms with van der Waals surface area (Å²) >= 11 is 4.92. The number of nitrogens with two attached hydrogens (primary N) is 1. The number of rotatable bonds is 5. The van der Waals surface area contributed by atoms with E-state index >= 15 is 0 Å². The Labute approximate surface area is 115 Å². The van der Waals surface area contributed by atoms with Crippen molar-refractivity contribution in [3.8, 4) is 0 Å². The maximum absolute atomic E-state index is 12.3. The van der Waals surface area contributed by atoms with Gasteiger partial charge in [-0.3, -0.25) is 0 Å². The van der Waals surface area contributed by atoms with Gasteiger partial charge >= 0.3 is 0 Å². The zero-order valence-corrected chi connectivity index (χ0v) is 12.9. The topological polar surface area (TPSA) is 75.4 Å². The van der Waals surface area contributed by atoms with Crippen LogP contribution in [0.2, 0.25) is 0 Å². The molecule has 7 heteroatoms. The summed E-state index contributed by atoms with van der Waals surface area (Å²) in [7, 11) is -3.51. The molecule has 1 aliphatic rings. The summed E-state index contributed by atoms with van der Waals surface area (Å²) in [5, 5.41) is 0. The van der Waals surface area contributed by atoms with E-state index < -0.39 is 16.3 Å². The van der Waals surface area contributed by atoms with Crippen LogP contribution in [0.1, 0.15) is 40.0 Å². The minimum Gasteiger partial charge on any atom is -0.392 e. The fourth-order valence-corrected chi connectivity index (χ4v) is 4.39. The predicted octanol–water partition coefficient (Wildman–Crippen LogP) is 1.01. The lowest BCUT2D eigenvalue weighted by molar-refractivity contribution is 0.263. The Hall–Kier alpha value is -0.240. The van der Waals surface area contributed by atoms with Crippen LogP contribution in [0.5, 0.6) is 0 Å². The Balaban J connectivity index is 2.82. The van der Waals surface area contributed by atoms with Crippen LogP contribution in [0.4, 0.5) is 0 Å². The third kappa shape index (κ3) is 3.88. The normalized spacial score (nSPS) is 24.1. The van der Waals surface area contributed by atoms with E-state index in [0.29, 0.717) is 6.54 Å². The second kappa shape index (κ2) is 6.27. The van der Waals surface area contributed by atoms with Crippen molar-refractivity contribution in [1.82, 2.24) is 9.03 Å². The van der Waals surface area contributed by atoms with E-state index in [9.17, 15) is 8.42 Å². The molecule has 106 valence electrons. The van der Waals surface area contributed by atoms with Crippen molar-refractivity contribution in [2.24, 2.45) is 11.7 Å². The van der Waals surface area contributed by atoms with Crippen molar-refractivity contribution in [2.45, 2.75) is 52.1 Å². The van der Waals surface area contributed by atoms with Gasteiger partial charge in [0.2, 0.25) is 0 Å². The summed E-state index contributed by atoms with van der Waals surface area (Å²) in [5.41, 5.74) is 5.59. The first-order valence-corrected chi connectivity index (χ1v) is 8.19. The summed E-state index contributed by atoms with van der Waals surface area (Å²) in [6, 6.07) is -0.450. The van der Waals surface area contributed by atoms with Gasteiger partial charge in [-0.1, -0.05) is 32.5 Å². The van der Waals surface area contributed by atoms with Gasteiger partial charge in [-0.2, -0.15) is 17.4 Å². The van der Waals surface area contributed by atoms with Crippen LogP contribution >= 0.6 is 12.2 Å². The van der Waals surface area contributed by atoms with Crippen LogP contribution in [-0.2, 0) is 10.2 Å². The van der Waals surface area contributed by atoms with E-state index in [4.69, 9.17) is 18.0 Å². The number of hydrogen-bond acceptors (Lipinski definition) is 3. The van der Waals surface area contributed by atoms with E-state index in [0.717, 1.165) is 19.3 Å². The molecule has 0 radical (unpaired) electrons. The first kappa shape index (κ1) is 15.8. The Morgan fingerprint density at radius 2 is 2.06 bits per heavy atom. The highest BCUT2D eigenvalue weighted by molar-refractivity contribution is 7.87. The van der Waals surface area contributed by atoms with Crippen molar-refractivity contribution in [1.29, 1.82) is 0 Å². The lowest BCUT2D eigenvalue weighted by atomic mass is 10.1. The fourth-order valence-electron chi connectivity index (χ4n) is 2.18. The lowest BCUT2D eigenvalue weighted by Gasteiger charge is -2.34. The van der Waals surface area contributed by atoms with E-state index in [1.165, 1.54) is 4.31 Å². The highest BCUT2D eigenvalue weighted by Gasteiger charge is 2.32. The molecule has 0 saturated carbocycles. The minimum atomic E-state index is -3.51. The molecule has 1 rings (SSSR count). The number of thiocarbonyl (C=S) groups is 1. The van der Waals surface area contributed by atoms with Gasteiger partial charge in [-0.15, -0.1) is 0 Å². The average Bonchev–Trinajstić information content (AvgIpc) is 2.25. The third-order valence-electron chi connectivity index (χ3n) is 3.30. The van der Waals surface area contributed by atoms with Gasteiger partial charge in [0.1, 0.15) is 0 Å². The van der Waals surface area contributed by atoms with Gasteiger partial charge in [-0.25, -0.2) is 0 Å². The molecule has 5 nitrogen and oxygen atoms in total. The molecule has 0 aromatic rings. The predicted molar refractivity (Wildman–Crippen MR) is 77.5 cm³/mol. The summed E-state index contributed by atoms with van der Waals surface area (Å²) in [6.45, 7) is 6.29. The van der Waals surface area contributed by atoms with Crippen molar-refractivity contribution in [3.05, 3.63) is 0 Å². The molecule has 0 aromatic heterocycles. The molecule has 0 aliphatic carbocycles. The van der Waals surface area contributed by atoms with E-state index in [1.807, 2.05) is 20.8 Å².